The largest absolute Gasteiger partial charge is 0.465 e. The predicted octanol–water partition coefficient (Wildman–Crippen LogP) is 0.380. The Hall–Kier alpha value is -0.660. The maximum Gasteiger partial charge on any atom is 0.321 e. The highest BCUT2D eigenvalue weighted by Crippen LogP contribution is 2.19. The van der Waals surface area contributed by atoms with Crippen LogP contribution in [0.25, 0.3) is 0 Å². The Morgan fingerprint density at radius 1 is 1.33 bits per heavy atom. The summed E-state index contributed by atoms with van der Waals surface area (Å²) in [5.41, 5.74) is 0. The average Bonchev–Trinajstić information content (AvgIpc) is 2.37. The molecule has 18 heavy (non-hydrogen) atoms. The summed E-state index contributed by atoms with van der Waals surface area (Å²) in [5.74, 6) is -0.505. The van der Waals surface area contributed by atoms with E-state index >= 15 is 0 Å². The van der Waals surface area contributed by atoms with Gasteiger partial charge in [-0.15, -0.1) is 0 Å². The van der Waals surface area contributed by atoms with E-state index in [1.165, 1.54) is 4.31 Å². The first-order valence-electron chi connectivity index (χ1n) is 6.24. The molecule has 1 rings (SSSR count). The zero-order chi connectivity index (χ0) is 13.6. The second kappa shape index (κ2) is 7.06. The number of nitrogens with zero attached hydrogens (tertiary/aromatic N) is 1. The van der Waals surface area contributed by atoms with Crippen molar-refractivity contribution in [1.82, 2.24) is 4.31 Å². The maximum atomic E-state index is 12.3. The van der Waals surface area contributed by atoms with Crippen molar-refractivity contribution in [1.29, 1.82) is 0 Å². The third-order valence-electron chi connectivity index (χ3n) is 2.91. The Morgan fingerprint density at radius 3 is 2.44 bits per heavy atom. The van der Waals surface area contributed by atoms with E-state index in [1.54, 1.807) is 13.8 Å². The fraction of sp³-hybridized carbons (Fsp3) is 0.909. The molecule has 6 nitrogen and oxygen atoms in total. The lowest BCUT2D eigenvalue weighted by Gasteiger charge is -2.28. The van der Waals surface area contributed by atoms with Crippen LogP contribution < -0.4 is 0 Å². The molecular formula is C11H21NO5S. The predicted molar refractivity (Wildman–Crippen MR) is 66.6 cm³/mol. The second-order valence-corrected chi connectivity index (χ2v) is 6.30. The van der Waals surface area contributed by atoms with Gasteiger partial charge >= 0.3 is 5.97 Å². The van der Waals surface area contributed by atoms with Crippen molar-refractivity contribution >= 4 is 16.0 Å². The lowest BCUT2D eigenvalue weighted by Crippen LogP contribution is -2.43. The molecule has 1 aliphatic heterocycles. The van der Waals surface area contributed by atoms with Crippen LogP contribution in [0.2, 0.25) is 0 Å². The third-order valence-corrected chi connectivity index (χ3v) is 5.33. The molecule has 0 saturated carbocycles. The highest BCUT2D eigenvalue weighted by Gasteiger charge is 2.33. The van der Waals surface area contributed by atoms with Crippen molar-refractivity contribution in [3.8, 4) is 0 Å². The van der Waals surface area contributed by atoms with Crippen LogP contribution >= 0.6 is 0 Å². The summed E-state index contributed by atoms with van der Waals surface area (Å²) in [5, 5.41) is -0.444. The Morgan fingerprint density at radius 2 is 1.94 bits per heavy atom. The normalized spacial score (nSPS) is 17.9. The first-order chi connectivity index (χ1) is 8.52. The number of carbonyl (C=O) groups is 1. The van der Waals surface area contributed by atoms with Crippen LogP contribution in [0, 0.1) is 0 Å². The second-order valence-electron chi connectivity index (χ2n) is 4.09. The summed E-state index contributed by atoms with van der Waals surface area (Å²) in [6.45, 7) is 4.66. The summed E-state index contributed by atoms with van der Waals surface area (Å²) in [4.78, 5) is 11.4. The number of hydrogen-bond donors (Lipinski definition) is 0. The monoisotopic (exact) mass is 279 g/mol. The Bertz CT molecular complexity index is 362. The number of ether oxygens (including phenoxy) is 2. The van der Waals surface area contributed by atoms with Gasteiger partial charge in [0.05, 0.1) is 11.9 Å². The molecule has 106 valence electrons. The highest BCUT2D eigenvalue weighted by molar-refractivity contribution is 7.89. The van der Waals surface area contributed by atoms with Crippen LogP contribution in [-0.2, 0) is 24.3 Å². The molecule has 1 saturated heterocycles. The zero-order valence-electron chi connectivity index (χ0n) is 10.9. The molecular weight excluding hydrogens is 258 g/mol. The van der Waals surface area contributed by atoms with Crippen LogP contribution in [0.15, 0.2) is 0 Å². The van der Waals surface area contributed by atoms with Gasteiger partial charge in [0.25, 0.3) is 0 Å². The minimum atomic E-state index is -3.44. The topological polar surface area (TPSA) is 72.9 Å². The molecule has 0 radical (unpaired) electrons. The zero-order valence-corrected chi connectivity index (χ0v) is 11.7. The van der Waals surface area contributed by atoms with E-state index in [-0.39, 0.29) is 19.7 Å². The number of esters is 1. The summed E-state index contributed by atoms with van der Waals surface area (Å²) >= 11 is 0. The molecule has 0 amide bonds. The van der Waals surface area contributed by atoms with Crippen molar-refractivity contribution in [2.75, 3.05) is 32.9 Å². The molecule has 0 bridgehead atoms. The average molecular weight is 279 g/mol. The van der Waals surface area contributed by atoms with Crippen molar-refractivity contribution in [3.63, 3.8) is 0 Å². The van der Waals surface area contributed by atoms with Gasteiger partial charge in [-0.25, -0.2) is 8.42 Å². The van der Waals surface area contributed by atoms with E-state index in [2.05, 4.69) is 0 Å². The number of sulfonamides is 1. The molecule has 1 heterocycles. The van der Waals surface area contributed by atoms with Gasteiger partial charge in [-0.1, -0.05) is 6.92 Å². The number of carbonyl (C=O) groups excluding carboxylic acids is 1. The molecule has 1 aliphatic rings. The van der Waals surface area contributed by atoms with Gasteiger partial charge in [-0.2, -0.15) is 4.31 Å². The van der Waals surface area contributed by atoms with E-state index in [0.717, 1.165) is 0 Å². The summed E-state index contributed by atoms with van der Waals surface area (Å²) in [6, 6.07) is 0. The Labute approximate surface area is 108 Å². The smallest absolute Gasteiger partial charge is 0.321 e. The highest BCUT2D eigenvalue weighted by atomic mass is 32.2. The van der Waals surface area contributed by atoms with E-state index in [4.69, 9.17) is 9.47 Å². The molecule has 0 aromatic carbocycles. The number of rotatable bonds is 6. The Balaban J connectivity index is 2.69. The molecule has 0 aromatic rings. The van der Waals surface area contributed by atoms with Crippen LogP contribution in [0.4, 0.5) is 0 Å². The summed E-state index contributed by atoms with van der Waals surface area (Å²) < 4.78 is 35.8. The number of hydrogen-bond acceptors (Lipinski definition) is 5. The standard InChI is InChI=1S/C11H21NO5S/c1-3-12(9-11(13)17-4-2)18(14,15)10-5-7-16-8-6-10/h10H,3-9H2,1-2H3. The van der Waals surface area contributed by atoms with E-state index in [0.29, 0.717) is 26.1 Å². The van der Waals surface area contributed by atoms with Gasteiger partial charge < -0.3 is 9.47 Å². The van der Waals surface area contributed by atoms with Crippen molar-refractivity contribution in [3.05, 3.63) is 0 Å². The van der Waals surface area contributed by atoms with Crippen LogP contribution in [0.5, 0.6) is 0 Å². The molecule has 0 aliphatic carbocycles. The minimum absolute atomic E-state index is 0.204. The first kappa shape index (κ1) is 15.4. The van der Waals surface area contributed by atoms with Gasteiger partial charge in [0, 0.05) is 19.8 Å². The van der Waals surface area contributed by atoms with E-state index < -0.39 is 21.2 Å². The lowest BCUT2D eigenvalue weighted by atomic mass is 10.2. The van der Waals surface area contributed by atoms with E-state index in [9.17, 15) is 13.2 Å². The van der Waals surface area contributed by atoms with Crippen molar-refractivity contribution in [2.24, 2.45) is 0 Å². The van der Waals surface area contributed by atoms with Crippen LogP contribution in [-0.4, -0.2) is 56.9 Å². The van der Waals surface area contributed by atoms with Crippen LogP contribution in [0.1, 0.15) is 26.7 Å². The Kier molecular flexibility index (Phi) is 6.04. The minimum Gasteiger partial charge on any atom is -0.465 e. The van der Waals surface area contributed by atoms with Crippen LogP contribution in [0.3, 0.4) is 0 Å². The quantitative estimate of drug-likeness (QED) is 0.657. The molecule has 1 fully saturated rings. The maximum absolute atomic E-state index is 12.3. The van der Waals surface area contributed by atoms with Crippen molar-refractivity contribution in [2.45, 2.75) is 31.9 Å². The SMILES string of the molecule is CCOC(=O)CN(CC)S(=O)(=O)C1CCOCC1. The van der Waals surface area contributed by atoms with Gasteiger partial charge in [0.2, 0.25) is 10.0 Å². The van der Waals surface area contributed by atoms with Gasteiger partial charge in [-0.05, 0) is 19.8 Å². The molecule has 0 N–H and O–H groups in total. The fourth-order valence-electron chi connectivity index (χ4n) is 1.92. The van der Waals surface area contributed by atoms with Crippen molar-refractivity contribution < 1.29 is 22.7 Å². The van der Waals surface area contributed by atoms with Gasteiger partial charge in [0.1, 0.15) is 6.54 Å². The number of likely N-dealkylation sites (N-methyl/N-ethyl adjacent to an activating group) is 1. The first-order valence-corrected chi connectivity index (χ1v) is 7.75. The molecule has 0 unspecified atom stereocenters. The molecule has 0 atom stereocenters. The van der Waals surface area contributed by atoms with Gasteiger partial charge in [0.15, 0.2) is 0 Å². The van der Waals surface area contributed by atoms with Gasteiger partial charge in [-0.3, -0.25) is 4.79 Å². The fourth-order valence-corrected chi connectivity index (χ4v) is 3.77. The van der Waals surface area contributed by atoms with E-state index in [1.807, 2.05) is 0 Å². The third kappa shape index (κ3) is 3.93. The molecule has 7 heteroatoms. The molecule has 0 aromatic heterocycles. The summed E-state index contributed by atoms with van der Waals surface area (Å²) in [6.07, 6.45) is 0.976. The molecule has 0 spiro atoms. The lowest BCUT2D eigenvalue weighted by molar-refractivity contribution is -0.143. The summed E-state index contributed by atoms with van der Waals surface area (Å²) in [7, 11) is -3.44.